The van der Waals surface area contributed by atoms with E-state index in [2.05, 4.69) is 16.3 Å². The molecule has 0 saturated carbocycles. The van der Waals surface area contributed by atoms with Crippen LogP contribution >= 0.6 is 0 Å². The Hall–Kier alpha value is -3.04. The Bertz CT molecular complexity index is 991. The molecule has 4 heterocycles. The second kappa shape index (κ2) is 8.00. The molecule has 2 aromatic rings. The number of nitrogens with zero attached hydrogens (tertiary/aromatic N) is 2. The van der Waals surface area contributed by atoms with Crippen molar-refractivity contribution in [3.05, 3.63) is 53.6 Å². The highest BCUT2D eigenvalue weighted by molar-refractivity contribution is 5.70. The molecule has 0 spiro atoms. The molecule has 154 valence electrons. The minimum absolute atomic E-state index is 0.00148. The molecule has 0 aliphatic carbocycles. The molecule has 3 fully saturated rings. The third kappa shape index (κ3) is 3.73. The number of piperidine rings is 3. The Labute approximate surface area is 176 Å². The average Bonchev–Trinajstić information content (AvgIpc) is 2.80. The number of hydrogen-bond acceptors (Lipinski definition) is 5. The van der Waals surface area contributed by atoms with E-state index in [-0.39, 0.29) is 18.2 Å². The van der Waals surface area contributed by atoms with Gasteiger partial charge in [-0.25, -0.2) is 4.79 Å². The van der Waals surface area contributed by atoms with Crippen LogP contribution in [0.15, 0.2) is 42.5 Å². The Balaban J connectivity index is 1.29. The van der Waals surface area contributed by atoms with Crippen LogP contribution in [0.3, 0.4) is 0 Å². The van der Waals surface area contributed by atoms with Gasteiger partial charge in [-0.15, -0.1) is 0 Å². The topological polar surface area (TPSA) is 74.6 Å². The quantitative estimate of drug-likeness (QED) is 0.842. The standard InChI is InChI=1S/C24H25N3O3/c25-14-16-2-1-3-18(12-16)19-4-5-20-21(8-11-29-22(20)13-19)26-24(28)30-23-15-27-9-6-17(23)7-10-27/h1-5,12-13,17,21,23H,6-11,15H2,(H,26,28)/t21?,23-/m0/s1. The first kappa shape index (κ1) is 19.0. The fourth-order valence-corrected chi connectivity index (χ4v) is 4.85. The van der Waals surface area contributed by atoms with Crippen LogP contribution in [0.5, 0.6) is 5.75 Å². The van der Waals surface area contributed by atoms with Crippen LogP contribution in [-0.2, 0) is 4.74 Å². The largest absolute Gasteiger partial charge is 0.493 e. The van der Waals surface area contributed by atoms with E-state index < -0.39 is 0 Å². The smallest absolute Gasteiger partial charge is 0.407 e. The van der Waals surface area contributed by atoms with E-state index in [1.807, 2.05) is 36.4 Å². The van der Waals surface area contributed by atoms with E-state index in [1.165, 1.54) is 0 Å². The van der Waals surface area contributed by atoms with Gasteiger partial charge in [0.25, 0.3) is 0 Å². The summed E-state index contributed by atoms with van der Waals surface area (Å²) >= 11 is 0. The van der Waals surface area contributed by atoms with Crippen molar-refractivity contribution in [2.45, 2.75) is 31.4 Å². The highest BCUT2D eigenvalue weighted by atomic mass is 16.6. The molecule has 4 aliphatic heterocycles. The Morgan fingerprint density at radius 3 is 2.73 bits per heavy atom. The van der Waals surface area contributed by atoms with Gasteiger partial charge in [-0.05, 0) is 61.2 Å². The van der Waals surface area contributed by atoms with Gasteiger partial charge < -0.3 is 14.8 Å². The van der Waals surface area contributed by atoms with E-state index in [0.717, 1.165) is 54.9 Å². The summed E-state index contributed by atoms with van der Waals surface area (Å²) in [5.74, 6) is 1.27. The summed E-state index contributed by atoms with van der Waals surface area (Å²) in [7, 11) is 0. The molecular formula is C24H25N3O3. The molecule has 2 bridgehead atoms. The summed E-state index contributed by atoms with van der Waals surface area (Å²) < 4.78 is 11.7. The summed E-state index contributed by atoms with van der Waals surface area (Å²) in [6, 6.07) is 15.6. The van der Waals surface area contributed by atoms with Gasteiger partial charge in [0.05, 0.1) is 24.3 Å². The van der Waals surface area contributed by atoms with Crippen molar-refractivity contribution in [1.82, 2.24) is 10.2 Å². The number of nitrogens with one attached hydrogen (secondary N) is 1. The number of fused-ring (bicyclic) bond motifs is 4. The molecule has 2 atom stereocenters. The minimum atomic E-state index is -0.336. The van der Waals surface area contributed by atoms with E-state index in [1.54, 1.807) is 6.07 Å². The average molecular weight is 403 g/mol. The third-order valence-corrected chi connectivity index (χ3v) is 6.52. The predicted octanol–water partition coefficient (Wildman–Crippen LogP) is 3.87. The summed E-state index contributed by atoms with van der Waals surface area (Å²) in [5.41, 5.74) is 3.55. The lowest BCUT2D eigenvalue weighted by atomic mass is 9.86. The number of ether oxygens (including phenoxy) is 2. The fourth-order valence-electron chi connectivity index (χ4n) is 4.85. The van der Waals surface area contributed by atoms with Crippen LogP contribution in [0.2, 0.25) is 0 Å². The molecule has 2 aromatic carbocycles. The van der Waals surface area contributed by atoms with E-state index in [4.69, 9.17) is 14.7 Å². The maximum absolute atomic E-state index is 12.6. The fraction of sp³-hybridized carbons (Fsp3) is 0.417. The molecule has 0 radical (unpaired) electrons. The van der Waals surface area contributed by atoms with Crippen molar-refractivity contribution in [2.24, 2.45) is 5.92 Å². The van der Waals surface area contributed by atoms with Gasteiger partial charge >= 0.3 is 6.09 Å². The van der Waals surface area contributed by atoms with Crippen LogP contribution in [0.25, 0.3) is 11.1 Å². The molecule has 6 rings (SSSR count). The number of amides is 1. The number of alkyl carbamates (subject to hydrolysis) is 1. The monoisotopic (exact) mass is 403 g/mol. The number of rotatable bonds is 3. The van der Waals surface area contributed by atoms with Gasteiger partial charge in [-0.2, -0.15) is 5.26 Å². The second-order valence-corrected chi connectivity index (χ2v) is 8.36. The molecular weight excluding hydrogens is 378 g/mol. The van der Waals surface area contributed by atoms with Crippen molar-refractivity contribution in [2.75, 3.05) is 26.2 Å². The molecule has 1 N–H and O–H groups in total. The molecule has 6 heteroatoms. The number of benzene rings is 2. The number of nitriles is 1. The Morgan fingerprint density at radius 1 is 1.13 bits per heavy atom. The molecule has 4 aliphatic rings. The first-order chi connectivity index (χ1) is 14.7. The summed E-state index contributed by atoms with van der Waals surface area (Å²) in [5, 5.41) is 12.2. The van der Waals surface area contributed by atoms with Crippen LogP contribution in [-0.4, -0.2) is 43.3 Å². The molecule has 1 unspecified atom stereocenters. The van der Waals surface area contributed by atoms with Crippen LogP contribution in [0, 0.1) is 17.2 Å². The highest BCUT2D eigenvalue weighted by Crippen LogP contribution is 2.36. The lowest BCUT2D eigenvalue weighted by Gasteiger charge is -2.44. The summed E-state index contributed by atoms with van der Waals surface area (Å²) in [6.07, 6.45) is 2.62. The summed E-state index contributed by atoms with van der Waals surface area (Å²) in [4.78, 5) is 15.0. The molecule has 1 amide bonds. The lowest BCUT2D eigenvalue weighted by molar-refractivity contribution is -0.0342. The molecule has 30 heavy (non-hydrogen) atoms. The lowest BCUT2D eigenvalue weighted by Crippen LogP contribution is -2.52. The Morgan fingerprint density at radius 2 is 1.97 bits per heavy atom. The Kier molecular flexibility index (Phi) is 5.06. The minimum Gasteiger partial charge on any atom is -0.493 e. The zero-order chi connectivity index (χ0) is 20.5. The SMILES string of the molecule is N#Cc1cccc(-c2ccc3c(c2)OCCC3NC(=O)O[C@H]2CN3CCC2CC3)c1. The van der Waals surface area contributed by atoms with Crippen LogP contribution < -0.4 is 10.1 Å². The normalized spacial score (nSPS) is 26.8. The van der Waals surface area contributed by atoms with Crippen LogP contribution in [0.1, 0.15) is 36.4 Å². The zero-order valence-electron chi connectivity index (χ0n) is 16.8. The maximum atomic E-state index is 12.6. The van der Waals surface area contributed by atoms with Crippen molar-refractivity contribution < 1.29 is 14.3 Å². The van der Waals surface area contributed by atoms with Crippen molar-refractivity contribution >= 4 is 6.09 Å². The maximum Gasteiger partial charge on any atom is 0.407 e. The van der Waals surface area contributed by atoms with Gasteiger partial charge in [0.15, 0.2) is 0 Å². The number of carbonyl (C=O) groups excluding carboxylic acids is 1. The van der Waals surface area contributed by atoms with Crippen molar-refractivity contribution in [3.8, 4) is 22.9 Å². The van der Waals surface area contributed by atoms with Crippen molar-refractivity contribution in [1.29, 1.82) is 5.26 Å². The van der Waals surface area contributed by atoms with Gasteiger partial charge in [0.1, 0.15) is 11.9 Å². The molecule has 0 aromatic heterocycles. The van der Waals surface area contributed by atoms with E-state index >= 15 is 0 Å². The number of carbonyl (C=O) groups is 1. The third-order valence-electron chi connectivity index (χ3n) is 6.52. The van der Waals surface area contributed by atoms with Gasteiger partial charge in [-0.3, -0.25) is 4.90 Å². The first-order valence-corrected chi connectivity index (χ1v) is 10.7. The number of hydrogen-bond donors (Lipinski definition) is 1. The van der Waals surface area contributed by atoms with Crippen LogP contribution in [0.4, 0.5) is 4.79 Å². The van der Waals surface area contributed by atoms with E-state index in [9.17, 15) is 4.79 Å². The molecule has 6 nitrogen and oxygen atoms in total. The first-order valence-electron chi connectivity index (χ1n) is 10.7. The summed E-state index contributed by atoms with van der Waals surface area (Å²) in [6.45, 7) is 3.64. The predicted molar refractivity (Wildman–Crippen MR) is 112 cm³/mol. The molecule has 3 saturated heterocycles. The highest BCUT2D eigenvalue weighted by Gasteiger charge is 2.37. The zero-order valence-corrected chi connectivity index (χ0v) is 16.8. The van der Waals surface area contributed by atoms with Crippen molar-refractivity contribution in [3.63, 3.8) is 0 Å². The van der Waals surface area contributed by atoms with Gasteiger partial charge in [0.2, 0.25) is 0 Å². The van der Waals surface area contributed by atoms with E-state index in [0.29, 0.717) is 24.5 Å². The van der Waals surface area contributed by atoms with Gasteiger partial charge in [-0.1, -0.05) is 24.3 Å². The second-order valence-electron chi connectivity index (χ2n) is 8.36. The van der Waals surface area contributed by atoms with Gasteiger partial charge in [0, 0.05) is 18.5 Å².